The molecule has 0 unspecified atom stereocenters. The molecule has 1 fully saturated rings. The molecule has 49 heavy (non-hydrogen) atoms. The number of nitrogens with one attached hydrogen (secondary N) is 2. The minimum absolute atomic E-state index is 0.00420. The number of nitrogen functional groups attached to an aromatic ring is 2. The number of oxime groups is 1. The summed E-state index contributed by atoms with van der Waals surface area (Å²) in [6.07, 6.45) is 5.59. The Bertz CT molecular complexity index is 2080. The second-order valence-corrected chi connectivity index (χ2v) is 13.7. The van der Waals surface area contributed by atoms with Crippen LogP contribution in [0.1, 0.15) is 30.7 Å². The van der Waals surface area contributed by atoms with E-state index in [-0.39, 0.29) is 34.7 Å². The molecule has 1 saturated heterocycles. The van der Waals surface area contributed by atoms with Gasteiger partial charge in [-0.3, -0.25) is 19.9 Å². The van der Waals surface area contributed by atoms with Gasteiger partial charge in [-0.05, 0) is 25.0 Å². The summed E-state index contributed by atoms with van der Waals surface area (Å²) in [5.41, 5.74) is 12.0. The van der Waals surface area contributed by atoms with Crippen LogP contribution in [0.15, 0.2) is 70.7 Å². The zero-order valence-electron chi connectivity index (χ0n) is 26.1. The van der Waals surface area contributed by atoms with Crippen molar-refractivity contribution in [2.24, 2.45) is 10.9 Å². The van der Waals surface area contributed by atoms with Crippen LogP contribution in [-0.4, -0.2) is 87.4 Å². The van der Waals surface area contributed by atoms with Crippen molar-refractivity contribution < 1.29 is 38.8 Å². The van der Waals surface area contributed by atoms with Crippen molar-refractivity contribution >= 4 is 69.2 Å². The first-order chi connectivity index (χ1) is 23.2. The lowest BCUT2D eigenvalue weighted by Crippen LogP contribution is -2.71. The molecule has 1 aromatic carbocycles. The Morgan fingerprint density at radius 3 is 2.57 bits per heavy atom. The van der Waals surface area contributed by atoms with E-state index in [2.05, 4.69) is 15.5 Å². The average molecular weight is 708 g/mol. The largest absolute Gasteiger partial charge is 0.478 e. The minimum Gasteiger partial charge on any atom is -0.478 e. The smallest absolute Gasteiger partial charge is 0.352 e. The van der Waals surface area contributed by atoms with E-state index in [1.165, 1.54) is 35.9 Å². The highest BCUT2D eigenvalue weighted by molar-refractivity contribution is 8.00. The molecule has 2 amide bonds. The zero-order chi connectivity index (χ0) is 35.2. The molecule has 0 aliphatic carbocycles. The second-order valence-electron chi connectivity index (χ2n) is 11.7. The molecular weight excluding hydrogens is 677 g/mol. The van der Waals surface area contributed by atoms with Crippen molar-refractivity contribution in [2.75, 3.05) is 11.5 Å². The number of nitrogens with two attached hydrogens (primary N) is 2. The molecule has 0 saturated carbocycles. The Hall–Kier alpha value is -5.69. The molecule has 3 aromatic heterocycles. The number of hydrogen-bond acceptors (Lipinski definition) is 11. The second kappa shape index (κ2) is 12.7. The summed E-state index contributed by atoms with van der Waals surface area (Å²) in [4.78, 5) is 61.1. The van der Waals surface area contributed by atoms with Crippen LogP contribution in [0.2, 0.25) is 0 Å². The number of benzene rings is 1. The predicted octanol–water partition coefficient (Wildman–Crippen LogP) is 0.422. The van der Waals surface area contributed by atoms with E-state index in [1.54, 1.807) is 12.1 Å². The van der Waals surface area contributed by atoms with E-state index in [0.29, 0.717) is 17.7 Å². The van der Waals surface area contributed by atoms with Crippen LogP contribution in [0.4, 0.5) is 5.13 Å². The lowest BCUT2D eigenvalue weighted by Gasteiger charge is -2.49. The monoisotopic (exact) mass is 707 g/mol. The van der Waals surface area contributed by atoms with Crippen molar-refractivity contribution in [1.82, 2.24) is 24.4 Å². The summed E-state index contributed by atoms with van der Waals surface area (Å²) >= 11 is 2.33. The molecule has 0 bridgehead atoms. The Morgan fingerprint density at radius 2 is 1.94 bits per heavy atom. The zero-order valence-corrected chi connectivity index (χ0v) is 27.7. The molecule has 19 heteroatoms. The molecule has 2 atom stereocenters. The van der Waals surface area contributed by atoms with E-state index in [9.17, 15) is 29.4 Å². The molecule has 254 valence electrons. The minimum atomic E-state index is -1.78. The summed E-state index contributed by atoms with van der Waals surface area (Å²) in [6, 6.07) is 8.20. The van der Waals surface area contributed by atoms with Gasteiger partial charge in [0.25, 0.3) is 11.8 Å². The molecular formula is C30H31N10O7S2+. The Kier molecular flexibility index (Phi) is 8.63. The van der Waals surface area contributed by atoms with Crippen molar-refractivity contribution in [3.05, 3.63) is 82.4 Å². The number of carbonyl (C=O) groups is 4. The van der Waals surface area contributed by atoms with E-state index in [4.69, 9.17) is 21.7 Å². The van der Waals surface area contributed by atoms with E-state index in [1.807, 2.05) is 50.6 Å². The normalized spacial score (nSPS) is 17.9. The van der Waals surface area contributed by atoms with Gasteiger partial charge in [-0.1, -0.05) is 29.4 Å². The molecule has 2 aliphatic heterocycles. The fourth-order valence-corrected chi connectivity index (χ4v) is 7.18. The number of aliphatic carboxylic acids is 2. The fourth-order valence-electron chi connectivity index (χ4n) is 5.30. The molecule has 17 nitrogen and oxygen atoms in total. The van der Waals surface area contributed by atoms with Gasteiger partial charge in [0.15, 0.2) is 17.0 Å². The van der Waals surface area contributed by atoms with Crippen molar-refractivity contribution in [2.45, 2.75) is 44.0 Å². The van der Waals surface area contributed by atoms with Crippen molar-refractivity contribution in [1.29, 1.82) is 5.41 Å². The third kappa shape index (κ3) is 6.32. The molecule has 6 rings (SSSR count). The van der Waals surface area contributed by atoms with Crippen LogP contribution in [0.3, 0.4) is 0 Å². The Labute approximate surface area is 285 Å². The van der Waals surface area contributed by atoms with Crippen molar-refractivity contribution in [3.63, 3.8) is 0 Å². The first-order valence-corrected chi connectivity index (χ1v) is 16.6. The number of carbonyl (C=O) groups excluding carboxylic acids is 2. The quantitative estimate of drug-likeness (QED) is 0.0387. The topological polar surface area (TPSA) is 248 Å². The number of aromatic nitrogens is 4. The Balaban J connectivity index is 1.19. The third-order valence-corrected chi connectivity index (χ3v) is 9.97. The van der Waals surface area contributed by atoms with Crippen LogP contribution in [0.5, 0.6) is 0 Å². The Morgan fingerprint density at radius 1 is 1.20 bits per heavy atom. The van der Waals surface area contributed by atoms with Crippen LogP contribution in [0.25, 0.3) is 5.65 Å². The van der Waals surface area contributed by atoms with Gasteiger partial charge in [-0.25, -0.2) is 23.8 Å². The number of hydrogen-bond donors (Lipinski definition) is 6. The van der Waals surface area contributed by atoms with Crippen LogP contribution < -0.4 is 21.4 Å². The molecule has 4 aromatic rings. The third-order valence-electron chi connectivity index (χ3n) is 7.96. The number of β-lactam (4-membered cyclic amide) rings is 1. The number of carboxylic acid groups (broad SMARTS) is 2. The number of rotatable bonds is 12. The maximum Gasteiger partial charge on any atom is 0.352 e. The van der Waals surface area contributed by atoms with Gasteiger partial charge in [-0.2, -0.15) is 0 Å². The number of thiazole rings is 1. The SMILES string of the molecule is CC(C)(O/N=C(\C(=O)N[C@@H]1C(=O)N2C(C(=O)O)=C(Cn3ccc4n3cc[n+]4Cc3ccc(C(=N)N)cc3)CS[C@H]12)c1csc(N)n1)C(=O)O. The van der Waals surface area contributed by atoms with Gasteiger partial charge in [-0.15, -0.1) is 27.6 Å². The van der Waals surface area contributed by atoms with E-state index < -0.39 is 46.5 Å². The van der Waals surface area contributed by atoms with Gasteiger partial charge >= 0.3 is 17.6 Å². The molecule has 5 heterocycles. The summed E-state index contributed by atoms with van der Waals surface area (Å²) in [6.45, 7) is 3.24. The maximum absolute atomic E-state index is 13.4. The first kappa shape index (κ1) is 33.2. The number of fused-ring (bicyclic) bond motifs is 2. The van der Waals surface area contributed by atoms with Crippen LogP contribution >= 0.6 is 23.1 Å². The van der Waals surface area contributed by atoms with Crippen molar-refractivity contribution in [3.8, 4) is 0 Å². The summed E-state index contributed by atoms with van der Waals surface area (Å²) < 4.78 is 5.75. The fraction of sp³-hybridized carbons (Fsp3) is 0.267. The van der Waals surface area contributed by atoms with Gasteiger partial charge in [0.1, 0.15) is 41.4 Å². The highest BCUT2D eigenvalue weighted by atomic mass is 32.2. The average Bonchev–Trinajstić information content (AvgIpc) is 3.78. The highest BCUT2D eigenvalue weighted by Crippen LogP contribution is 2.41. The number of carboxylic acids is 2. The number of amidine groups is 1. The standard InChI is InChI=1S/C30H30N10O7S2/c1-30(2,28(45)46)47-36-20(18-14-49-29(33)34-18)24(41)35-21-25(42)40-22(27(43)44)17(13-48-26(21)40)12-38-8-7-19-37(9-10-39(19)38)11-15-3-5-16(6-4-15)23(31)32/h3-10,14,21,26H,11-13H2,1-2H3,(H7-,31,32,33,34,35,41,43,44,45,46)/p+1/b36-20-/t21-,26-/m1/s1. The number of amides is 2. The van der Waals surface area contributed by atoms with Gasteiger partial charge in [0.2, 0.25) is 5.60 Å². The molecule has 0 spiro atoms. The van der Waals surface area contributed by atoms with E-state index >= 15 is 0 Å². The lowest BCUT2D eigenvalue weighted by atomic mass is 10.0. The van der Waals surface area contributed by atoms with Gasteiger partial charge < -0.3 is 31.8 Å². The van der Waals surface area contributed by atoms with Gasteiger partial charge in [0.05, 0.1) is 18.8 Å². The number of nitrogens with zero attached hydrogens (tertiary/aromatic N) is 6. The van der Waals surface area contributed by atoms with Crippen LogP contribution in [-0.2, 0) is 37.1 Å². The van der Waals surface area contributed by atoms with E-state index in [0.717, 1.165) is 22.5 Å². The summed E-state index contributed by atoms with van der Waals surface area (Å²) in [7, 11) is 0. The number of thioether (sulfide) groups is 1. The molecule has 8 N–H and O–H groups in total. The first-order valence-electron chi connectivity index (χ1n) is 14.7. The highest BCUT2D eigenvalue weighted by Gasteiger charge is 2.54. The number of anilines is 1. The lowest BCUT2D eigenvalue weighted by molar-refractivity contribution is -0.661. The van der Waals surface area contributed by atoms with Gasteiger partial charge in [0, 0.05) is 16.7 Å². The molecule has 2 aliphatic rings. The summed E-state index contributed by atoms with van der Waals surface area (Å²) in [5.74, 6) is -3.84. The predicted molar refractivity (Wildman–Crippen MR) is 178 cm³/mol. The van der Waals surface area contributed by atoms with Crippen LogP contribution in [0, 0.1) is 5.41 Å². The molecule has 0 radical (unpaired) electrons. The number of imidazole rings is 1. The maximum atomic E-state index is 13.4. The summed E-state index contributed by atoms with van der Waals surface area (Å²) in [5, 5.41) is 34.4.